The van der Waals surface area contributed by atoms with E-state index in [2.05, 4.69) is 23.3 Å². The minimum absolute atomic E-state index is 0.0184. The number of pyridine rings is 1. The predicted molar refractivity (Wildman–Crippen MR) is 137 cm³/mol. The maximum Gasteiger partial charge on any atom is 0.248 e. The van der Waals surface area contributed by atoms with E-state index in [1.807, 2.05) is 64.9 Å². The molecule has 0 unspecified atom stereocenters. The fourth-order valence-electron chi connectivity index (χ4n) is 4.08. The number of benzene rings is 2. The summed E-state index contributed by atoms with van der Waals surface area (Å²) in [6.07, 6.45) is 0.874. The summed E-state index contributed by atoms with van der Waals surface area (Å²) in [5.41, 5.74) is 2.50. The number of hydrogen-bond acceptors (Lipinski definition) is 5. The summed E-state index contributed by atoms with van der Waals surface area (Å²) in [7, 11) is 1.62. The van der Waals surface area contributed by atoms with E-state index in [9.17, 15) is 9.59 Å². The van der Waals surface area contributed by atoms with Gasteiger partial charge >= 0.3 is 0 Å². The first-order valence-electron chi connectivity index (χ1n) is 11.4. The van der Waals surface area contributed by atoms with E-state index < -0.39 is 6.04 Å². The summed E-state index contributed by atoms with van der Waals surface area (Å²) in [5.74, 6) is 0.696. The Hall–Kier alpha value is -3.42. The van der Waals surface area contributed by atoms with E-state index in [1.54, 1.807) is 18.4 Å². The lowest BCUT2D eigenvalue weighted by Gasteiger charge is -2.28. The van der Waals surface area contributed by atoms with E-state index in [0.29, 0.717) is 25.4 Å². The molecule has 0 spiro atoms. The summed E-state index contributed by atoms with van der Waals surface area (Å²) < 4.78 is 5.60. The Balaban J connectivity index is 1.62. The molecule has 34 heavy (non-hydrogen) atoms. The average Bonchev–Trinajstić information content (AvgIpc) is 3.37. The molecule has 1 amide bonds. The molecule has 0 aliphatic rings. The second kappa shape index (κ2) is 11.1. The third kappa shape index (κ3) is 5.55. The van der Waals surface area contributed by atoms with Gasteiger partial charge in [-0.15, -0.1) is 11.3 Å². The lowest BCUT2D eigenvalue weighted by Crippen LogP contribution is -2.41. The van der Waals surface area contributed by atoms with Crippen molar-refractivity contribution in [3.05, 3.63) is 98.5 Å². The number of nitrogens with zero attached hydrogens (tertiary/aromatic N) is 1. The number of aromatic nitrogens is 1. The molecule has 0 fully saturated rings. The van der Waals surface area contributed by atoms with Crippen LogP contribution < -0.4 is 15.6 Å². The molecule has 2 heterocycles. The van der Waals surface area contributed by atoms with E-state index in [1.165, 1.54) is 6.07 Å². The molecule has 0 saturated heterocycles. The van der Waals surface area contributed by atoms with E-state index >= 15 is 0 Å². The number of nitrogens with one attached hydrogen (secondary N) is 2. The van der Waals surface area contributed by atoms with E-state index in [4.69, 9.17) is 4.74 Å². The lowest BCUT2D eigenvalue weighted by molar-refractivity contribution is -0.134. The molecule has 176 valence electrons. The summed E-state index contributed by atoms with van der Waals surface area (Å²) in [5, 5.41) is 6.46. The van der Waals surface area contributed by atoms with Crippen molar-refractivity contribution in [2.75, 3.05) is 13.7 Å². The van der Waals surface area contributed by atoms with Gasteiger partial charge in [0.25, 0.3) is 0 Å². The Kier molecular flexibility index (Phi) is 7.77. The molecule has 2 aromatic carbocycles. The van der Waals surface area contributed by atoms with Crippen LogP contribution in [0.2, 0.25) is 0 Å². The largest absolute Gasteiger partial charge is 0.496 e. The van der Waals surface area contributed by atoms with Crippen LogP contribution in [-0.4, -0.2) is 29.4 Å². The van der Waals surface area contributed by atoms with Crippen molar-refractivity contribution < 1.29 is 9.53 Å². The minimum Gasteiger partial charge on any atom is -0.496 e. The number of thiophene rings is 1. The summed E-state index contributed by atoms with van der Waals surface area (Å²) in [6, 6.07) is 20.4. The molecule has 0 aliphatic heterocycles. The molecule has 0 saturated carbocycles. The third-order valence-electron chi connectivity index (χ3n) is 5.73. The van der Waals surface area contributed by atoms with Crippen LogP contribution in [0, 0.1) is 0 Å². The van der Waals surface area contributed by atoms with Crippen molar-refractivity contribution >= 4 is 28.1 Å². The van der Waals surface area contributed by atoms with Crippen LogP contribution in [0.25, 0.3) is 10.9 Å². The Bertz CT molecular complexity index is 1300. The van der Waals surface area contributed by atoms with Crippen LogP contribution in [0.15, 0.2) is 76.9 Å². The Morgan fingerprint density at radius 2 is 1.97 bits per heavy atom. The quantitative estimate of drug-likeness (QED) is 0.343. The van der Waals surface area contributed by atoms with Crippen LogP contribution in [0.4, 0.5) is 0 Å². The first-order chi connectivity index (χ1) is 16.6. The molecule has 6 nitrogen and oxygen atoms in total. The number of para-hydroxylation sites is 1. The molecular formula is C27H29N3O3S. The number of ether oxygens (including phenoxy) is 1. The molecule has 0 bridgehead atoms. The molecular weight excluding hydrogens is 446 g/mol. The topological polar surface area (TPSA) is 74.4 Å². The maximum absolute atomic E-state index is 13.9. The van der Waals surface area contributed by atoms with Crippen LogP contribution in [0.5, 0.6) is 5.75 Å². The highest BCUT2D eigenvalue weighted by Crippen LogP contribution is 2.28. The Labute approximate surface area is 203 Å². The van der Waals surface area contributed by atoms with Gasteiger partial charge < -0.3 is 14.6 Å². The van der Waals surface area contributed by atoms with Gasteiger partial charge in [0.15, 0.2) is 0 Å². The monoisotopic (exact) mass is 475 g/mol. The number of carbonyl (C=O) groups is 1. The van der Waals surface area contributed by atoms with Crippen molar-refractivity contribution in [2.45, 2.75) is 32.5 Å². The molecule has 0 aliphatic carbocycles. The molecule has 7 heteroatoms. The molecule has 2 aromatic heterocycles. The highest BCUT2D eigenvalue weighted by molar-refractivity contribution is 7.09. The number of hydrogen-bond donors (Lipinski definition) is 2. The average molecular weight is 476 g/mol. The number of H-pyrrole nitrogens is 1. The number of carbonyl (C=O) groups excluding carboxylic acids is 1. The van der Waals surface area contributed by atoms with Gasteiger partial charge in [0.05, 0.1) is 13.7 Å². The van der Waals surface area contributed by atoms with Crippen molar-refractivity contribution in [3.63, 3.8) is 0 Å². The molecule has 4 aromatic rings. The maximum atomic E-state index is 13.9. The summed E-state index contributed by atoms with van der Waals surface area (Å²) in [6.45, 7) is 3.83. The summed E-state index contributed by atoms with van der Waals surface area (Å²) >= 11 is 1.66. The van der Waals surface area contributed by atoms with Crippen LogP contribution in [0.1, 0.15) is 35.4 Å². The smallest absolute Gasteiger partial charge is 0.248 e. The van der Waals surface area contributed by atoms with Gasteiger partial charge in [-0.2, -0.15) is 0 Å². The number of amides is 1. The highest BCUT2D eigenvalue weighted by Gasteiger charge is 2.28. The van der Waals surface area contributed by atoms with Gasteiger partial charge in [0, 0.05) is 35.1 Å². The van der Waals surface area contributed by atoms with Gasteiger partial charge in [-0.05, 0) is 53.1 Å². The molecule has 2 N–H and O–H groups in total. The van der Waals surface area contributed by atoms with Gasteiger partial charge in [-0.25, -0.2) is 0 Å². The van der Waals surface area contributed by atoms with E-state index in [0.717, 1.165) is 33.3 Å². The normalized spacial score (nSPS) is 11.9. The minimum atomic E-state index is -0.561. The van der Waals surface area contributed by atoms with Crippen molar-refractivity contribution in [3.8, 4) is 5.75 Å². The SMILES string of the molecule is CCCN(Cc1cccs1)C(=O)[C@H](NCc1ccc2[nH]c(=O)ccc2c1)c1ccccc1OC. The van der Waals surface area contributed by atoms with E-state index in [-0.39, 0.29) is 11.5 Å². The molecule has 1 atom stereocenters. The second-order valence-electron chi connectivity index (χ2n) is 8.14. The number of methoxy groups -OCH3 is 1. The fourth-order valence-corrected chi connectivity index (χ4v) is 4.80. The van der Waals surface area contributed by atoms with Crippen molar-refractivity contribution in [1.29, 1.82) is 0 Å². The molecule has 4 rings (SSSR count). The second-order valence-corrected chi connectivity index (χ2v) is 9.17. The predicted octanol–water partition coefficient (Wildman–Crippen LogP) is 4.87. The summed E-state index contributed by atoms with van der Waals surface area (Å²) in [4.78, 5) is 31.4. The highest BCUT2D eigenvalue weighted by atomic mass is 32.1. The van der Waals surface area contributed by atoms with Crippen LogP contribution >= 0.6 is 11.3 Å². The van der Waals surface area contributed by atoms with Gasteiger partial charge in [-0.3, -0.25) is 14.9 Å². The van der Waals surface area contributed by atoms with Gasteiger partial charge in [0.1, 0.15) is 11.8 Å². The number of aromatic amines is 1. The van der Waals surface area contributed by atoms with Crippen LogP contribution in [0.3, 0.4) is 0 Å². The van der Waals surface area contributed by atoms with Crippen LogP contribution in [-0.2, 0) is 17.9 Å². The zero-order chi connectivity index (χ0) is 23.9. The Morgan fingerprint density at radius 1 is 1.12 bits per heavy atom. The first-order valence-corrected chi connectivity index (χ1v) is 12.3. The van der Waals surface area contributed by atoms with Gasteiger partial charge in [0.2, 0.25) is 11.5 Å². The lowest BCUT2D eigenvalue weighted by atomic mass is 10.0. The Morgan fingerprint density at radius 3 is 2.74 bits per heavy atom. The zero-order valence-corrected chi connectivity index (χ0v) is 20.2. The zero-order valence-electron chi connectivity index (χ0n) is 19.4. The van der Waals surface area contributed by atoms with Crippen molar-refractivity contribution in [2.24, 2.45) is 0 Å². The molecule has 0 radical (unpaired) electrons. The third-order valence-corrected chi connectivity index (χ3v) is 6.59. The number of fused-ring (bicyclic) bond motifs is 1. The standard InChI is InChI=1S/C27H29N3O3S/c1-3-14-30(18-21-7-6-15-34-21)27(32)26(22-8-4-5-9-24(22)33-2)28-17-19-10-12-23-20(16-19)11-13-25(31)29-23/h4-13,15-16,26,28H,3,14,17-18H2,1-2H3,(H,29,31)/t26-/m1/s1. The fraction of sp³-hybridized carbons (Fsp3) is 0.259. The first kappa shape index (κ1) is 23.7. The number of rotatable bonds is 10. The van der Waals surface area contributed by atoms with Crippen molar-refractivity contribution in [1.82, 2.24) is 15.2 Å². The van der Waals surface area contributed by atoms with Gasteiger partial charge in [-0.1, -0.05) is 37.3 Å².